The van der Waals surface area contributed by atoms with Gasteiger partial charge in [-0.05, 0) is 48.6 Å². The molecule has 1 fully saturated rings. The highest BCUT2D eigenvalue weighted by Gasteiger charge is 2.44. The number of piperidine rings is 1. The molecule has 1 saturated heterocycles. The van der Waals surface area contributed by atoms with E-state index < -0.39 is 11.2 Å². The van der Waals surface area contributed by atoms with Crippen LogP contribution in [0, 0.1) is 11.2 Å². The molecule has 0 spiro atoms. The Kier molecular flexibility index (Phi) is 6.49. The van der Waals surface area contributed by atoms with Crippen LogP contribution in [-0.4, -0.2) is 58.8 Å². The standard InChI is InChI=1S/C26H27FN4O2/c1-30(2)25(33)26(14-20-7-3-4-10-23(20)21-15-28-18-29-16-21)11-6-12-31(17-26)24(32)19-8-5-9-22(27)13-19/h3-5,7-10,13,15-16,18H,6,11-12,14,17H2,1-2H3/t26-/m0/s1. The van der Waals surface area contributed by atoms with Crippen LogP contribution in [0.4, 0.5) is 4.39 Å². The van der Waals surface area contributed by atoms with Crippen molar-refractivity contribution in [3.63, 3.8) is 0 Å². The third-order valence-corrected chi connectivity index (χ3v) is 6.21. The number of aromatic nitrogens is 2. The highest BCUT2D eigenvalue weighted by atomic mass is 19.1. The van der Waals surface area contributed by atoms with Gasteiger partial charge in [-0.2, -0.15) is 0 Å². The largest absolute Gasteiger partial charge is 0.348 e. The SMILES string of the molecule is CN(C)C(=O)[C@]1(Cc2ccccc2-c2cncnc2)CCCN(C(=O)c2cccc(F)c2)C1. The Balaban J connectivity index is 1.70. The molecule has 4 rings (SSSR count). The lowest BCUT2D eigenvalue weighted by atomic mass is 9.73. The first kappa shape index (κ1) is 22.6. The first-order valence-electron chi connectivity index (χ1n) is 11.0. The molecule has 7 heteroatoms. The van der Waals surface area contributed by atoms with Crippen LogP contribution < -0.4 is 0 Å². The van der Waals surface area contributed by atoms with Crippen molar-refractivity contribution in [3.8, 4) is 11.1 Å². The van der Waals surface area contributed by atoms with Crippen LogP contribution in [0.5, 0.6) is 0 Å². The molecule has 6 nitrogen and oxygen atoms in total. The van der Waals surface area contributed by atoms with Crippen molar-refractivity contribution >= 4 is 11.8 Å². The fraction of sp³-hybridized carbons (Fsp3) is 0.308. The summed E-state index contributed by atoms with van der Waals surface area (Å²) >= 11 is 0. The minimum absolute atomic E-state index is 0.0154. The van der Waals surface area contributed by atoms with Crippen LogP contribution in [0.15, 0.2) is 67.3 Å². The molecule has 0 unspecified atom stereocenters. The van der Waals surface area contributed by atoms with Crippen molar-refractivity contribution in [2.45, 2.75) is 19.3 Å². The average Bonchev–Trinajstić information content (AvgIpc) is 2.84. The first-order chi connectivity index (χ1) is 15.9. The molecule has 2 amide bonds. The smallest absolute Gasteiger partial charge is 0.253 e. The van der Waals surface area contributed by atoms with Crippen molar-refractivity contribution in [3.05, 3.63) is 84.2 Å². The van der Waals surface area contributed by atoms with E-state index in [9.17, 15) is 14.0 Å². The summed E-state index contributed by atoms with van der Waals surface area (Å²) in [6.07, 6.45) is 6.83. The average molecular weight is 447 g/mol. The van der Waals surface area contributed by atoms with E-state index in [0.717, 1.165) is 16.7 Å². The highest BCUT2D eigenvalue weighted by molar-refractivity contribution is 5.95. The van der Waals surface area contributed by atoms with E-state index in [1.807, 2.05) is 24.3 Å². The molecule has 0 N–H and O–H groups in total. The summed E-state index contributed by atoms with van der Waals surface area (Å²) in [6.45, 7) is 0.810. The lowest BCUT2D eigenvalue weighted by molar-refractivity contribution is -0.142. The summed E-state index contributed by atoms with van der Waals surface area (Å²) < 4.78 is 13.7. The maximum atomic E-state index is 13.7. The van der Waals surface area contributed by atoms with Crippen molar-refractivity contribution in [2.24, 2.45) is 5.41 Å². The van der Waals surface area contributed by atoms with E-state index in [2.05, 4.69) is 9.97 Å². The lowest BCUT2D eigenvalue weighted by Crippen LogP contribution is -2.54. The number of carbonyl (C=O) groups is 2. The third kappa shape index (κ3) is 4.77. The summed E-state index contributed by atoms with van der Waals surface area (Å²) in [5, 5.41) is 0. The van der Waals surface area contributed by atoms with Gasteiger partial charge in [0.2, 0.25) is 5.91 Å². The van der Waals surface area contributed by atoms with Crippen LogP contribution in [0.2, 0.25) is 0 Å². The number of likely N-dealkylation sites (tertiary alicyclic amines) is 1. The first-order valence-corrected chi connectivity index (χ1v) is 11.0. The maximum Gasteiger partial charge on any atom is 0.253 e. The van der Waals surface area contributed by atoms with E-state index in [1.165, 1.54) is 24.5 Å². The minimum Gasteiger partial charge on any atom is -0.348 e. The second kappa shape index (κ2) is 9.48. The molecule has 0 bridgehead atoms. The summed E-state index contributed by atoms with van der Waals surface area (Å²) in [5.74, 6) is -0.722. The zero-order valence-corrected chi connectivity index (χ0v) is 18.9. The van der Waals surface area contributed by atoms with Crippen molar-refractivity contribution in [1.82, 2.24) is 19.8 Å². The molecule has 0 saturated carbocycles. The van der Waals surface area contributed by atoms with Gasteiger partial charge >= 0.3 is 0 Å². The van der Waals surface area contributed by atoms with Gasteiger partial charge in [0.05, 0.1) is 5.41 Å². The number of carbonyl (C=O) groups excluding carboxylic acids is 2. The number of rotatable bonds is 5. The van der Waals surface area contributed by atoms with Gasteiger partial charge < -0.3 is 9.80 Å². The van der Waals surface area contributed by atoms with Gasteiger partial charge in [0.25, 0.3) is 5.91 Å². The molecule has 1 atom stereocenters. The Labute approximate surface area is 193 Å². The van der Waals surface area contributed by atoms with E-state index in [0.29, 0.717) is 31.4 Å². The summed E-state index contributed by atoms with van der Waals surface area (Å²) in [5.41, 5.74) is 2.37. The lowest BCUT2D eigenvalue weighted by Gasteiger charge is -2.43. The molecule has 1 aromatic heterocycles. The summed E-state index contributed by atoms with van der Waals surface area (Å²) in [7, 11) is 3.49. The monoisotopic (exact) mass is 446 g/mol. The molecule has 33 heavy (non-hydrogen) atoms. The Morgan fingerprint density at radius 3 is 2.58 bits per heavy atom. The van der Waals surface area contributed by atoms with Gasteiger partial charge in [0, 0.05) is 50.7 Å². The minimum atomic E-state index is -0.781. The quantitative estimate of drug-likeness (QED) is 0.597. The predicted octanol–water partition coefficient (Wildman–Crippen LogP) is 3.84. The second-order valence-corrected chi connectivity index (χ2v) is 8.78. The van der Waals surface area contributed by atoms with Crippen molar-refractivity contribution in [1.29, 1.82) is 0 Å². The number of amides is 2. The number of benzene rings is 2. The van der Waals surface area contributed by atoms with Gasteiger partial charge in [-0.1, -0.05) is 30.3 Å². The molecule has 2 heterocycles. The molecular formula is C26H27FN4O2. The normalized spacial score (nSPS) is 18.1. The third-order valence-electron chi connectivity index (χ3n) is 6.21. The topological polar surface area (TPSA) is 66.4 Å². The Morgan fingerprint density at radius 2 is 1.85 bits per heavy atom. The number of hydrogen-bond donors (Lipinski definition) is 0. The van der Waals surface area contributed by atoms with Crippen LogP contribution in [0.1, 0.15) is 28.8 Å². The van der Waals surface area contributed by atoms with E-state index in [-0.39, 0.29) is 18.4 Å². The number of halogens is 1. The summed E-state index contributed by atoms with van der Waals surface area (Å²) in [6, 6.07) is 13.6. The van der Waals surface area contributed by atoms with Crippen molar-refractivity contribution < 1.29 is 14.0 Å². The van der Waals surface area contributed by atoms with Gasteiger partial charge in [0.15, 0.2) is 0 Å². The van der Waals surface area contributed by atoms with Gasteiger partial charge in [-0.15, -0.1) is 0 Å². The zero-order chi connectivity index (χ0) is 23.4. The van der Waals surface area contributed by atoms with E-state index >= 15 is 0 Å². The van der Waals surface area contributed by atoms with E-state index in [1.54, 1.807) is 42.4 Å². The molecule has 1 aliphatic rings. The highest BCUT2D eigenvalue weighted by Crippen LogP contribution is 2.38. The predicted molar refractivity (Wildman–Crippen MR) is 124 cm³/mol. The fourth-order valence-corrected chi connectivity index (χ4v) is 4.74. The molecule has 3 aromatic rings. The Morgan fingerprint density at radius 1 is 1.09 bits per heavy atom. The van der Waals surface area contributed by atoms with Crippen LogP contribution >= 0.6 is 0 Å². The maximum absolute atomic E-state index is 13.7. The van der Waals surface area contributed by atoms with E-state index in [4.69, 9.17) is 0 Å². The molecule has 170 valence electrons. The molecule has 0 radical (unpaired) electrons. The zero-order valence-electron chi connectivity index (χ0n) is 18.9. The Bertz CT molecular complexity index is 1150. The van der Waals surface area contributed by atoms with Gasteiger partial charge in [-0.25, -0.2) is 14.4 Å². The van der Waals surface area contributed by atoms with Crippen LogP contribution in [-0.2, 0) is 11.2 Å². The van der Waals surface area contributed by atoms with Crippen LogP contribution in [0.25, 0.3) is 11.1 Å². The Hall–Kier alpha value is -3.61. The number of nitrogens with zero attached hydrogens (tertiary/aromatic N) is 4. The fourth-order valence-electron chi connectivity index (χ4n) is 4.74. The second-order valence-electron chi connectivity index (χ2n) is 8.78. The van der Waals surface area contributed by atoms with Gasteiger partial charge in [-0.3, -0.25) is 9.59 Å². The molecule has 1 aliphatic heterocycles. The van der Waals surface area contributed by atoms with Crippen LogP contribution in [0.3, 0.4) is 0 Å². The number of hydrogen-bond acceptors (Lipinski definition) is 4. The van der Waals surface area contributed by atoms with Crippen molar-refractivity contribution in [2.75, 3.05) is 27.2 Å². The molecule has 0 aliphatic carbocycles. The summed E-state index contributed by atoms with van der Waals surface area (Å²) in [4.78, 5) is 38.3. The molecular weight excluding hydrogens is 419 g/mol. The molecule has 2 aromatic carbocycles. The van der Waals surface area contributed by atoms with Gasteiger partial charge in [0.1, 0.15) is 12.1 Å².